The maximum absolute atomic E-state index is 12.7. The molecule has 0 aliphatic carbocycles. The fourth-order valence-electron chi connectivity index (χ4n) is 2.82. The zero-order chi connectivity index (χ0) is 22.1. The fraction of sp³-hybridized carbons (Fsp3) is 0.286. The third-order valence-electron chi connectivity index (χ3n) is 4.27. The van der Waals surface area contributed by atoms with E-state index in [1.54, 1.807) is 30.9 Å². The lowest BCUT2D eigenvalue weighted by molar-refractivity contribution is -0.0504. The zero-order valence-corrected chi connectivity index (χ0v) is 17.3. The number of hydrogen-bond acceptors (Lipinski definition) is 5. The molecular formula is C21H24F2N6O2. The molecule has 2 heterocycles. The van der Waals surface area contributed by atoms with E-state index in [2.05, 4.69) is 30.3 Å². The SMILES string of the molecule is CCNC(=NCc1ccnc(-n2ccnc2)c1)NCc1cc(OC)ccc1OC(F)F. The maximum Gasteiger partial charge on any atom is 0.387 e. The van der Waals surface area contributed by atoms with Crippen molar-refractivity contribution < 1.29 is 18.3 Å². The van der Waals surface area contributed by atoms with Crippen LogP contribution in [0.3, 0.4) is 0 Å². The van der Waals surface area contributed by atoms with E-state index in [0.717, 1.165) is 11.4 Å². The van der Waals surface area contributed by atoms with Gasteiger partial charge in [-0.05, 0) is 42.8 Å². The van der Waals surface area contributed by atoms with Gasteiger partial charge in [-0.25, -0.2) is 15.0 Å². The van der Waals surface area contributed by atoms with Crippen molar-refractivity contribution in [1.29, 1.82) is 0 Å². The Labute approximate surface area is 179 Å². The average molecular weight is 430 g/mol. The number of nitrogens with one attached hydrogen (secondary N) is 2. The molecule has 2 aromatic heterocycles. The van der Waals surface area contributed by atoms with E-state index in [4.69, 9.17) is 4.74 Å². The number of guanidine groups is 1. The van der Waals surface area contributed by atoms with Crippen LogP contribution in [0.4, 0.5) is 8.78 Å². The largest absolute Gasteiger partial charge is 0.497 e. The molecule has 0 unspecified atom stereocenters. The van der Waals surface area contributed by atoms with Crippen LogP contribution < -0.4 is 20.1 Å². The van der Waals surface area contributed by atoms with Crippen LogP contribution in [0.15, 0.2) is 60.2 Å². The van der Waals surface area contributed by atoms with Crippen molar-refractivity contribution in [3.05, 3.63) is 66.4 Å². The summed E-state index contributed by atoms with van der Waals surface area (Å²) < 4.78 is 37.1. The second-order valence-corrected chi connectivity index (χ2v) is 6.39. The van der Waals surface area contributed by atoms with Gasteiger partial charge >= 0.3 is 6.61 Å². The highest BCUT2D eigenvalue weighted by molar-refractivity contribution is 5.79. The smallest absolute Gasteiger partial charge is 0.387 e. The molecule has 8 nitrogen and oxygen atoms in total. The minimum absolute atomic E-state index is 0.0817. The molecule has 0 saturated heterocycles. The summed E-state index contributed by atoms with van der Waals surface area (Å²) in [6.45, 7) is 0.295. The van der Waals surface area contributed by atoms with Gasteiger partial charge in [-0.3, -0.25) is 4.57 Å². The third kappa shape index (κ3) is 6.39. The first kappa shape index (κ1) is 22.0. The summed E-state index contributed by atoms with van der Waals surface area (Å²) in [4.78, 5) is 12.9. The van der Waals surface area contributed by atoms with E-state index < -0.39 is 6.61 Å². The lowest BCUT2D eigenvalue weighted by atomic mass is 10.2. The first-order valence-electron chi connectivity index (χ1n) is 9.66. The normalized spacial score (nSPS) is 11.5. The van der Waals surface area contributed by atoms with E-state index in [1.807, 2.05) is 29.8 Å². The van der Waals surface area contributed by atoms with Crippen LogP contribution >= 0.6 is 0 Å². The van der Waals surface area contributed by atoms with Crippen LogP contribution in [0.2, 0.25) is 0 Å². The van der Waals surface area contributed by atoms with Crippen molar-refractivity contribution in [3.63, 3.8) is 0 Å². The van der Waals surface area contributed by atoms with Gasteiger partial charge in [-0.2, -0.15) is 8.78 Å². The van der Waals surface area contributed by atoms with E-state index in [9.17, 15) is 8.78 Å². The Balaban J connectivity index is 1.72. The summed E-state index contributed by atoms with van der Waals surface area (Å²) >= 11 is 0. The van der Waals surface area contributed by atoms with Gasteiger partial charge in [0.15, 0.2) is 5.96 Å². The molecule has 2 N–H and O–H groups in total. The van der Waals surface area contributed by atoms with E-state index in [-0.39, 0.29) is 12.3 Å². The van der Waals surface area contributed by atoms with Crippen LogP contribution in [0, 0.1) is 0 Å². The molecule has 0 bridgehead atoms. The number of aliphatic imine (C=N–C) groups is 1. The first-order chi connectivity index (χ1) is 15.1. The van der Waals surface area contributed by atoms with Crippen LogP contribution in [0.5, 0.6) is 11.5 Å². The van der Waals surface area contributed by atoms with Gasteiger partial charge in [0, 0.05) is 37.2 Å². The summed E-state index contributed by atoms with van der Waals surface area (Å²) in [5.41, 5.74) is 1.48. The number of hydrogen-bond donors (Lipinski definition) is 2. The topological polar surface area (TPSA) is 85.6 Å². The molecule has 3 aromatic rings. The van der Waals surface area contributed by atoms with Crippen molar-refractivity contribution in [1.82, 2.24) is 25.2 Å². The molecule has 1 aromatic carbocycles. The Bertz CT molecular complexity index is 995. The van der Waals surface area contributed by atoms with E-state index in [0.29, 0.717) is 30.4 Å². The minimum atomic E-state index is -2.91. The summed E-state index contributed by atoms with van der Waals surface area (Å²) in [5.74, 6) is 1.91. The number of ether oxygens (including phenoxy) is 2. The Kier molecular flexibility index (Phi) is 7.74. The predicted molar refractivity (Wildman–Crippen MR) is 113 cm³/mol. The minimum Gasteiger partial charge on any atom is -0.497 e. The molecule has 3 rings (SSSR count). The predicted octanol–water partition coefficient (Wildman–Crippen LogP) is 3.13. The summed E-state index contributed by atoms with van der Waals surface area (Å²) in [5, 5.41) is 6.28. The van der Waals surface area contributed by atoms with Gasteiger partial charge < -0.3 is 20.1 Å². The van der Waals surface area contributed by atoms with Crippen molar-refractivity contribution in [3.8, 4) is 17.3 Å². The second kappa shape index (κ2) is 10.9. The van der Waals surface area contributed by atoms with Crippen LogP contribution in [0.1, 0.15) is 18.1 Å². The van der Waals surface area contributed by atoms with Crippen molar-refractivity contribution >= 4 is 5.96 Å². The molecule has 0 aliphatic rings. The number of pyridine rings is 1. The van der Waals surface area contributed by atoms with Gasteiger partial charge in [0.2, 0.25) is 0 Å². The second-order valence-electron chi connectivity index (χ2n) is 6.39. The molecule has 0 fully saturated rings. The monoisotopic (exact) mass is 430 g/mol. The number of nitrogens with zero attached hydrogens (tertiary/aromatic N) is 4. The number of alkyl halides is 2. The first-order valence-corrected chi connectivity index (χ1v) is 9.66. The number of benzene rings is 1. The average Bonchev–Trinajstić information content (AvgIpc) is 3.31. The summed E-state index contributed by atoms with van der Waals surface area (Å²) in [6, 6.07) is 8.48. The third-order valence-corrected chi connectivity index (χ3v) is 4.27. The Morgan fingerprint density at radius 3 is 2.77 bits per heavy atom. The molecule has 164 valence electrons. The van der Waals surface area contributed by atoms with Crippen LogP contribution in [0.25, 0.3) is 5.82 Å². The highest BCUT2D eigenvalue weighted by Crippen LogP contribution is 2.25. The van der Waals surface area contributed by atoms with Crippen molar-refractivity contribution in [2.75, 3.05) is 13.7 Å². The highest BCUT2D eigenvalue weighted by Gasteiger charge is 2.12. The van der Waals surface area contributed by atoms with Crippen molar-refractivity contribution in [2.24, 2.45) is 4.99 Å². The molecule has 0 spiro atoms. The summed E-state index contributed by atoms with van der Waals surface area (Å²) in [6.07, 6.45) is 6.89. The number of imidazole rings is 1. The Morgan fingerprint density at radius 2 is 2.06 bits per heavy atom. The number of methoxy groups -OCH3 is 1. The summed E-state index contributed by atoms with van der Waals surface area (Å²) in [7, 11) is 1.51. The number of rotatable bonds is 9. The Morgan fingerprint density at radius 1 is 1.19 bits per heavy atom. The number of aromatic nitrogens is 3. The molecule has 10 heteroatoms. The molecule has 0 amide bonds. The van der Waals surface area contributed by atoms with E-state index in [1.165, 1.54) is 13.2 Å². The molecule has 0 aliphatic heterocycles. The molecule has 0 atom stereocenters. The lowest BCUT2D eigenvalue weighted by Crippen LogP contribution is -2.36. The van der Waals surface area contributed by atoms with E-state index >= 15 is 0 Å². The molecule has 0 radical (unpaired) electrons. The quantitative estimate of drug-likeness (QED) is 0.401. The van der Waals surface area contributed by atoms with Crippen LogP contribution in [-0.2, 0) is 13.1 Å². The van der Waals surface area contributed by atoms with Crippen LogP contribution in [-0.4, -0.2) is 40.8 Å². The van der Waals surface area contributed by atoms with Gasteiger partial charge in [-0.15, -0.1) is 0 Å². The van der Waals surface area contributed by atoms with Gasteiger partial charge in [0.1, 0.15) is 23.6 Å². The fourth-order valence-corrected chi connectivity index (χ4v) is 2.82. The van der Waals surface area contributed by atoms with Crippen molar-refractivity contribution in [2.45, 2.75) is 26.6 Å². The standard InChI is InChI=1S/C21H24F2N6O2/c1-3-25-21(27-12-15-6-7-26-19(10-15)29-9-8-24-14-29)28-13-16-11-17(30-2)4-5-18(16)31-20(22)23/h4-11,14,20H,3,12-13H2,1-2H3,(H2,25,27,28). The molecule has 31 heavy (non-hydrogen) atoms. The molecule has 0 saturated carbocycles. The number of halogens is 2. The lowest BCUT2D eigenvalue weighted by Gasteiger charge is -2.15. The maximum atomic E-state index is 12.7. The van der Waals surface area contributed by atoms with Gasteiger partial charge in [0.05, 0.1) is 13.7 Å². The Hall–Kier alpha value is -3.69. The zero-order valence-electron chi connectivity index (χ0n) is 17.3. The van der Waals surface area contributed by atoms with Gasteiger partial charge in [-0.1, -0.05) is 0 Å². The highest BCUT2D eigenvalue weighted by atomic mass is 19.3. The van der Waals surface area contributed by atoms with Gasteiger partial charge in [0.25, 0.3) is 0 Å². The molecular weight excluding hydrogens is 406 g/mol.